The normalized spacial score (nSPS) is 19.6. The summed E-state index contributed by atoms with van der Waals surface area (Å²) in [6.07, 6.45) is 4.36. The maximum Gasteiger partial charge on any atom is 0.289 e. The number of likely N-dealkylation sites (N-methyl/N-ethyl adjacent to an activating group) is 1. The van der Waals surface area contributed by atoms with E-state index in [9.17, 15) is 4.79 Å². The number of aryl methyl sites for hydroxylation is 2. The minimum absolute atomic E-state index is 0.0261. The number of aromatic amines is 1. The molecule has 1 N–H and O–H groups in total. The van der Waals surface area contributed by atoms with Crippen LogP contribution in [0.3, 0.4) is 0 Å². The maximum atomic E-state index is 12.8. The van der Waals surface area contributed by atoms with Gasteiger partial charge in [0.1, 0.15) is 11.6 Å². The molecule has 3 rings (SSSR count). The van der Waals surface area contributed by atoms with Crippen LogP contribution in [0.15, 0.2) is 22.9 Å². The molecule has 2 aromatic heterocycles. The predicted molar refractivity (Wildman–Crippen MR) is 82.7 cm³/mol. The van der Waals surface area contributed by atoms with E-state index in [0.29, 0.717) is 18.8 Å². The highest BCUT2D eigenvalue weighted by Crippen LogP contribution is 2.24. The van der Waals surface area contributed by atoms with Gasteiger partial charge in [-0.1, -0.05) is 6.92 Å². The standard InChI is InChI=1S/C16H22N4O2/c1-4-12-9-11(2)14(22-12)16(21)20-8-7-19(3)13(10-20)15-17-5-6-18-15/h5-6,9,13H,4,7-8,10H2,1-3H3,(H,17,18)/t13-/m0/s1. The minimum Gasteiger partial charge on any atom is -0.456 e. The van der Waals surface area contributed by atoms with E-state index in [0.717, 1.165) is 30.1 Å². The molecule has 6 heteroatoms. The summed E-state index contributed by atoms with van der Waals surface area (Å²) in [6, 6.07) is 2.04. The van der Waals surface area contributed by atoms with Crippen LogP contribution in [-0.2, 0) is 6.42 Å². The molecule has 0 spiro atoms. The van der Waals surface area contributed by atoms with E-state index in [1.165, 1.54) is 0 Å². The van der Waals surface area contributed by atoms with Gasteiger partial charge < -0.3 is 14.3 Å². The van der Waals surface area contributed by atoms with Gasteiger partial charge in [0, 0.05) is 44.0 Å². The van der Waals surface area contributed by atoms with Crippen LogP contribution in [0.2, 0.25) is 0 Å². The summed E-state index contributed by atoms with van der Waals surface area (Å²) in [5, 5.41) is 0. The van der Waals surface area contributed by atoms with Gasteiger partial charge >= 0.3 is 0 Å². The van der Waals surface area contributed by atoms with E-state index in [1.807, 2.05) is 31.0 Å². The molecule has 0 radical (unpaired) electrons. The Morgan fingerprint density at radius 1 is 1.50 bits per heavy atom. The highest BCUT2D eigenvalue weighted by molar-refractivity contribution is 5.93. The molecule has 118 valence electrons. The number of carbonyl (C=O) groups excluding carboxylic acids is 1. The minimum atomic E-state index is -0.0261. The Labute approximate surface area is 130 Å². The molecule has 0 saturated carbocycles. The van der Waals surface area contributed by atoms with Crippen LogP contribution >= 0.6 is 0 Å². The van der Waals surface area contributed by atoms with Gasteiger partial charge in [-0.05, 0) is 20.0 Å². The molecule has 0 unspecified atom stereocenters. The lowest BCUT2D eigenvalue weighted by molar-refractivity contribution is 0.0503. The lowest BCUT2D eigenvalue weighted by Gasteiger charge is -2.38. The van der Waals surface area contributed by atoms with Crippen molar-refractivity contribution >= 4 is 5.91 Å². The van der Waals surface area contributed by atoms with E-state index in [1.54, 1.807) is 6.20 Å². The zero-order chi connectivity index (χ0) is 15.7. The molecule has 6 nitrogen and oxygen atoms in total. The van der Waals surface area contributed by atoms with Crippen molar-refractivity contribution in [3.05, 3.63) is 41.4 Å². The van der Waals surface area contributed by atoms with E-state index in [4.69, 9.17) is 4.42 Å². The fourth-order valence-corrected chi connectivity index (χ4v) is 2.89. The lowest BCUT2D eigenvalue weighted by atomic mass is 10.1. The largest absolute Gasteiger partial charge is 0.456 e. The number of carbonyl (C=O) groups is 1. The number of nitrogens with zero attached hydrogens (tertiary/aromatic N) is 3. The van der Waals surface area contributed by atoms with Gasteiger partial charge in [0.2, 0.25) is 0 Å². The molecule has 0 bridgehead atoms. The summed E-state index contributed by atoms with van der Waals surface area (Å²) in [7, 11) is 2.06. The third kappa shape index (κ3) is 2.66. The average Bonchev–Trinajstić information content (AvgIpc) is 3.16. The number of hydrogen-bond donors (Lipinski definition) is 1. The number of H-pyrrole nitrogens is 1. The SMILES string of the molecule is CCc1cc(C)c(C(=O)N2CCN(C)[C@H](c3ncc[nH]3)C2)o1. The highest BCUT2D eigenvalue weighted by atomic mass is 16.4. The molecule has 0 aliphatic carbocycles. The van der Waals surface area contributed by atoms with E-state index >= 15 is 0 Å². The Kier molecular flexibility index (Phi) is 4.02. The lowest BCUT2D eigenvalue weighted by Crippen LogP contribution is -2.49. The zero-order valence-electron chi connectivity index (χ0n) is 13.3. The summed E-state index contributed by atoms with van der Waals surface area (Å²) in [6.45, 7) is 6.08. The van der Waals surface area contributed by atoms with Gasteiger partial charge in [0.25, 0.3) is 5.91 Å². The van der Waals surface area contributed by atoms with Gasteiger partial charge in [0.05, 0.1) is 6.04 Å². The van der Waals surface area contributed by atoms with Crippen LogP contribution in [0.5, 0.6) is 0 Å². The summed E-state index contributed by atoms with van der Waals surface area (Å²) in [4.78, 5) is 24.3. The first-order chi connectivity index (χ1) is 10.6. The topological polar surface area (TPSA) is 65.4 Å². The van der Waals surface area contributed by atoms with Crippen molar-refractivity contribution in [2.24, 2.45) is 0 Å². The average molecular weight is 302 g/mol. The summed E-state index contributed by atoms with van der Waals surface area (Å²) in [5.74, 6) is 2.20. The van der Waals surface area contributed by atoms with Crippen molar-refractivity contribution in [2.45, 2.75) is 26.3 Å². The van der Waals surface area contributed by atoms with Crippen molar-refractivity contribution in [1.29, 1.82) is 0 Å². The number of hydrogen-bond acceptors (Lipinski definition) is 4. The van der Waals surface area contributed by atoms with Crippen molar-refractivity contribution in [3.8, 4) is 0 Å². The van der Waals surface area contributed by atoms with E-state index in [-0.39, 0.29) is 11.9 Å². The zero-order valence-corrected chi connectivity index (χ0v) is 13.3. The first-order valence-electron chi connectivity index (χ1n) is 7.68. The quantitative estimate of drug-likeness (QED) is 0.942. The molecule has 0 aromatic carbocycles. The molecule has 1 fully saturated rings. The second kappa shape index (κ2) is 5.96. The van der Waals surface area contributed by atoms with Gasteiger partial charge in [0.15, 0.2) is 5.76 Å². The van der Waals surface area contributed by atoms with Crippen LogP contribution < -0.4 is 0 Å². The first kappa shape index (κ1) is 14.8. The molecule has 1 aliphatic heterocycles. The van der Waals surface area contributed by atoms with Gasteiger partial charge in [-0.3, -0.25) is 9.69 Å². The van der Waals surface area contributed by atoms with Crippen molar-refractivity contribution in [3.63, 3.8) is 0 Å². The van der Waals surface area contributed by atoms with Gasteiger partial charge in [-0.2, -0.15) is 0 Å². The molecule has 1 saturated heterocycles. The van der Waals surface area contributed by atoms with Gasteiger partial charge in [-0.25, -0.2) is 4.98 Å². The Bertz CT molecular complexity index is 647. The molecular formula is C16H22N4O2. The number of amides is 1. The second-order valence-corrected chi connectivity index (χ2v) is 5.80. The van der Waals surface area contributed by atoms with Crippen molar-refractivity contribution < 1.29 is 9.21 Å². The van der Waals surface area contributed by atoms with Crippen LogP contribution in [-0.4, -0.2) is 52.4 Å². The number of nitrogens with one attached hydrogen (secondary N) is 1. The summed E-state index contributed by atoms with van der Waals surface area (Å²) >= 11 is 0. The smallest absolute Gasteiger partial charge is 0.289 e. The fraction of sp³-hybridized carbons (Fsp3) is 0.500. The van der Waals surface area contributed by atoms with Crippen molar-refractivity contribution in [1.82, 2.24) is 19.8 Å². The van der Waals surface area contributed by atoms with E-state index in [2.05, 4.69) is 21.9 Å². The Hall–Kier alpha value is -2.08. The molecule has 22 heavy (non-hydrogen) atoms. The van der Waals surface area contributed by atoms with Crippen molar-refractivity contribution in [2.75, 3.05) is 26.7 Å². The first-order valence-corrected chi connectivity index (χ1v) is 7.68. The Balaban J connectivity index is 1.79. The number of rotatable bonds is 3. The number of piperazine rings is 1. The fourth-order valence-electron chi connectivity index (χ4n) is 2.89. The summed E-state index contributed by atoms with van der Waals surface area (Å²) in [5.41, 5.74) is 0.912. The highest BCUT2D eigenvalue weighted by Gasteiger charge is 2.32. The second-order valence-electron chi connectivity index (χ2n) is 5.80. The van der Waals surface area contributed by atoms with Crippen LogP contribution in [0.1, 0.15) is 40.7 Å². The molecule has 1 aliphatic rings. The molecule has 2 aromatic rings. The maximum absolute atomic E-state index is 12.8. The molecule has 1 amide bonds. The third-order valence-corrected chi connectivity index (χ3v) is 4.28. The Morgan fingerprint density at radius 3 is 2.95 bits per heavy atom. The van der Waals surface area contributed by atoms with E-state index < -0.39 is 0 Å². The van der Waals surface area contributed by atoms with Gasteiger partial charge in [-0.15, -0.1) is 0 Å². The number of imidazole rings is 1. The van der Waals surface area contributed by atoms with Crippen LogP contribution in [0, 0.1) is 6.92 Å². The monoisotopic (exact) mass is 302 g/mol. The van der Waals surface area contributed by atoms with Crippen LogP contribution in [0.25, 0.3) is 0 Å². The number of aromatic nitrogens is 2. The van der Waals surface area contributed by atoms with Crippen LogP contribution in [0.4, 0.5) is 0 Å². The molecule has 3 heterocycles. The third-order valence-electron chi connectivity index (χ3n) is 4.28. The predicted octanol–water partition coefficient (Wildman–Crippen LogP) is 2.00. The Morgan fingerprint density at radius 2 is 2.32 bits per heavy atom. The number of furan rings is 1. The molecule has 1 atom stereocenters. The summed E-state index contributed by atoms with van der Waals surface area (Å²) < 4.78 is 5.70. The molecular weight excluding hydrogens is 280 g/mol.